The topological polar surface area (TPSA) is 86.8 Å². The van der Waals surface area contributed by atoms with E-state index in [0.717, 1.165) is 48.4 Å². The fourth-order valence-corrected chi connectivity index (χ4v) is 4.41. The van der Waals surface area contributed by atoms with Crippen molar-refractivity contribution in [3.8, 4) is 0 Å². The molecule has 0 spiro atoms. The van der Waals surface area contributed by atoms with Crippen LogP contribution in [0.1, 0.15) is 36.0 Å². The normalized spacial score (nSPS) is 14.6. The summed E-state index contributed by atoms with van der Waals surface area (Å²) in [6.45, 7) is 0.845. The molecular weight excluding hydrogens is 421 g/mol. The second-order valence-corrected chi connectivity index (χ2v) is 9.45. The maximum Gasteiger partial charge on any atom is 0.255 e. The lowest BCUT2D eigenvalue weighted by molar-refractivity contribution is -0.114. The second-order valence-electron chi connectivity index (χ2n) is 7.55. The Morgan fingerprint density at radius 1 is 1.00 bits per heavy atom. The molecule has 7 nitrogen and oxygen atoms in total. The van der Waals surface area contributed by atoms with Crippen molar-refractivity contribution in [1.82, 2.24) is 4.90 Å². The van der Waals surface area contributed by atoms with Gasteiger partial charge in [0.2, 0.25) is 15.9 Å². The zero-order valence-corrected chi connectivity index (χ0v) is 18.2. The fraction of sp³-hybridized carbons (Fsp3) is 0.364. The number of nitrogens with one attached hydrogen (secondary N) is 1. The fourth-order valence-electron chi connectivity index (χ4n) is 3.55. The number of carbonyl (C=O) groups excluding carboxylic acids is 2. The minimum atomic E-state index is -3.79. The number of halogens is 1. The number of carbonyl (C=O) groups is 2. The van der Waals surface area contributed by atoms with Crippen molar-refractivity contribution in [2.75, 3.05) is 35.5 Å². The number of hydrogen-bond acceptors (Lipinski definition) is 4. The standard InChI is InChI=1S/C22H26FN3O4S/c1-31(29,30)26(18-12-10-17(23)11-13-18)16-21(27)24-20-9-5-4-8-19(20)22(28)25-14-6-2-3-7-15-25/h4-5,8-13H,2-3,6-7,14-16H2,1H3,(H,24,27). The minimum absolute atomic E-state index is 0.156. The highest BCUT2D eigenvalue weighted by molar-refractivity contribution is 7.92. The van der Waals surface area contributed by atoms with E-state index in [0.29, 0.717) is 24.3 Å². The van der Waals surface area contributed by atoms with Crippen molar-refractivity contribution in [2.24, 2.45) is 0 Å². The van der Waals surface area contributed by atoms with Crippen LogP contribution in [-0.4, -0.2) is 51.0 Å². The number of sulfonamides is 1. The molecule has 1 saturated heterocycles. The third kappa shape index (κ3) is 6.04. The van der Waals surface area contributed by atoms with Crippen LogP contribution in [0.3, 0.4) is 0 Å². The summed E-state index contributed by atoms with van der Waals surface area (Å²) >= 11 is 0. The summed E-state index contributed by atoms with van der Waals surface area (Å²) in [4.78, 5) is 27.5. The summed E-state index contributed by atoms with van der Waals surface area (Å²) in [7, 11) is -3.79. The van der Waals surface area contributed by atoms with Gasteiger partial charge in [-0.25, -0.2) is 12.8 Å². The van der Waals surface area contributed by atoms with Gasteiger partial charge in [0.1, 0.15) is 12.4 Å². The van der Waals surface area contributed by atoms with Crippen LogP contribution in [0.2, 0.25) is 0 Å². The van der Waals surface area contributed by atoms with Crippen LogP contribution in [-0.2, 0) is 14.8 Å². The zero-order chi connectivity index (χ0) is 22.4. The molecule has 1 N–H and O–H groups in total. The number of hydrogen-bond donors (Lipinski definition) is 1. The lowest BCUT2D eigenvalue weighted by Crippen LogP contribution is -2.38. The average molecular weight is 448 g/mol. The maximum absolute atomic E-state index is 13.2. The van der Waals surface area contributed by atoms with Gasteiger partial charge in [-0.05, 0) is 49.2 Å². The van der Waals surface area contributed by atoms with E-state index in [1.807, 2.05) is 0 Å². The number of amides is 2. The van der Waals surface area contributed by atoms with Crippen molar-refractivity contribution in [1.29, 1.82) is 0 Å². The van der Waals surface area contributed by atoms with Gasteiger partial charge in [0.05, 0.1) is 23.2 Å². The first-order valence-electron chi connectivity index (χ1n) is 10.2. The van der Waals surface area contributed by atoms with Crippen LogP contribution in [0.25, 0.3) is 0 Å². The second kappa shape index (κ2) is 9.91. The van der Waals surface area contributed by atoms with E-state index in [9.17, 15) is 22.4 Å². The van der Waals surface area contributed by atoms with Crippen molar-refractivity contribution in [3.63, 3.8) is 0 Å². The predicted octanol–water partition coefficient (Wildman–Crippen LogP) is 3.25. The Morgan fingerprint density at radius 2 is 1.61 bits per heavy atom. The van der Waals surface area contributed by atoms with Gasteiger partial charge in [-0.3, -0.25) is 13.9 Å². The number of rotatable bonds is 6. The third-order valence-corrected chi connectivity index (χ3v) is 6.27. The Bertz CT molecular complexity index is 1030. The molecule has 0 saturated carbocycles. The molecule has 1 fully saturated rings. The predicted molar refractivity (Wildman–Crippen MR) is 118 cm³/mol. The van der Waals surface area contributed by atoms with Crippen LogP contribution in [0.5, 0.6) is 0 Å². The first kappa shape index (κ1) is 22.7. The number of nitrogens with zero attached hydrogens (tertiary/aromatic N) is 2. The molecule has 0 unspecified atom stereocenters. The molecule has 0 aromatic heterocycles. The molecule has 3 rings (SSSR count). The van der Waals surface area contributed by atoms with E-state index in [2.05, 4.69) is 5.32 Å². The molecule has 2 aromatic carbocycles. The van der Waals surface area contributed by atoms with Crippen LogP contribution < -0.4 is 9.62 Å². The molecule has 1 aliphatic heterocycles. The number of anilines is 2. The van der Waals surface area contributed by atoms with E-state index in [1.54, 1.807) is 29.2 Å². The largest absolute Gasteiger partial charge is 0.339 e. The number of likely N-dealkylation sites (tertiary alicyclic amines) is 1. The number of benzene rings is 2. The van der Waals surface area contributed by atoms with Crippen molar-refractivity contribution in [2.45, 2.75) is 25.7 Å². The molecule has 2 amide bonds. The average Bonchev–Trinajstić information content (AvgIpc) is 3.01. The highest BCUT2D eigenvalue weighted by Gasteiger charge is 2.24. The number of para-hydroxylation sites is 1. The van der Waals surface area contributed by atoms with E-state index in [4.69, 9.17) is 0 Å². The molecule has 0 aliphatic carbocycles. The van der Waals surface area contributed by atoms with Gasteiger partial charge in [0.15, 0.2) is 0 Å². The molecule has 1 aliphatic rings. The van der Waals surface area contributed by atoms with Gasteiger partial charge in [-0.2, -0.15) is 0 Å². The summed E-state index contributed by atoms with van der Waals surface area (Å²) < 4.78 is 38.5. The SMILES string of the molecule is CS(=O)(=O)N(CC(=O)Nc1ccccc1C(=O)N1CCCCCC1)c1ccc(F)cc1. The molecule has 1 heterocycles. The van der Waals surface area contributed by atoms with Gasteiger partial charge < -0.3 is 10.2 Å². The smallest absolute Gasteiger partial charge is 0.255 e. The Kier molecular flexibility index (Phi) is 7.27. The highest BCUT2D eigenvalue weighted by Crippen LogP contribution is 2.21. The molecule has 0 bridgehead atoms. The van der Waals surface area contributed by atoms with E-state index in [-0.39, 0.29) is 11.6 Å². The van der Waals surface area contributed by atoms with Crippen molar-refractivity contribution in [3.05, 3.63) is 59.9 Å². The summed E-state index contributed by atoms with van der Waals surface area (Å²) in [6.07, 6.45) is 5.04. The first-order chi connectivity index (χ1) is 14.8. The van der Waals surface area contributed by atoms with Crippen LogP contribution in [0.4, 0.5) is 15.8 Å². The van der Waals surface area contributed by atoms with E-state index >= 15 is 0 Å². The zero-order valence-electron chi connectivity index (χ0n) is 17.4. The van der Waals surface area contributed by atoms with Crippen molar-refractivity contribution < 1.29 is 22.4 Å². The third-order valence-electron chi connectivity index (χ3n) is 5.13. The van der Waals surface area contributed by atoms with Crippen LogP contribution in [0.15, 0.2) is 48.5 Å². The van der Waals surface area contributed by atoms with Gasteiger partial charge in [0.25, 0.3) is 5.91 Å². The van der Waals surface area contributed by atoms with Crippen LogP contribution >= 0.6 is 0 Å². The van der Waals surface area contributed by atoms with Gasteiger partial charge >= 0.3 is 0 Å². The molecule has 2 aromatic rings. The van der Waals surface area contributed by atoms with E-state index in [1.165, 1.54) is 12.1 Å². The minimum Gasteiger partial charge on any atom is -0.339 e. The lowest BCUT2D eigenvalue weighted by Gasteiger charge is -2.23. The molecule has 0 atom stereocenters. The Labute approximate surface area is 181 Å². The van der Waals surface area contributed by atoms with Gasteiger partial charge in [0, 0.05) is 13.1 Å². The highest BCUT2D eigenvalue weighted by atomic mass is 32.2. The Morgan fingerprint density at radius 3 is 2.23 bits per heavy atom. The van der Waals surface area contributed by atoms with Gasteiger partial charge in [-0.15, -0.1) is 0 Å². The Hall–Kier alpha value is -2.94. The first-order valence-corrected chi connectivity index (χ1v) is 12.0. The molecule has 9 heteroatoms. The van der Waals surface area contributed by atoms with Gasteiger partial charge in [-0.1, -0.05) is 25.0 Å². The molecular formula is C22H26FN3O4S. The summed E-state index contributed by atoms with van der Waals surface area (Å²) in [5.41, 5.74) is 0.868. The molecule has 0 radical (unpaired) electrons. The summed E-state index contributed by atoms with van der Waals surface area (Å²) in [6, 6.07) is 11.5. The molecule has 166 valence electrons. The lowest BCUT2D eigenvalue weighted by atomic mass is 10.1. The van der Waals surface area contributed by atoms with E-state index < -0.39 is 28.3 Å². The summed E-state index contributed by atoms with van der Waals surface area (Å²) in [5, 5.41) is 2.66. The molecule has 31 heavy (non-hydrogen) atoms. The quantitative estimate of drug-likeness (QED) is 0.737. The van der Waals surface area contributed by atoms with Crippen LogP contribution in [0, 0.1) is 5.82 Å². The van der Waals surface area contributed by atoms with Crippen molar-refractivity contribution >= 4 is 33.2 Å². The summed E-state index contributed by atoms with van der Waals surface area (Å²) in [5.74, 6) is -1.27. The Balaban J connectivity index is 1.78. The maximum atomic E-state index is 13.2. The monoisotopic (exact) mass is 447 g/mol.